The maximum atomic E-state index is 14.8. The number of ether oxygens (including phenoxy) is 1. The summed E-state index contributed by atoms with van der Waals surface area (Å²) in [5.74, 6) is 0.386. The van der Waals surface area contributed by atoms with Gasteiger partial charge < -0.3 is 19.9 Å². The van der Waals surface area contributed by atoms with E-state index in [-0.39, 0.29) is 24.6 Å². The first kappa shape index (κ1) is 36.6. The Hall–Kier alpha value is -3.40. The molecule has 0 saturated carbocycles. The molecular formula is C32H51F2N5O3. The van der Waals surface area contributed by atoms with Gasteiger partial charge in [-0.1, -0.05) is 72.2 Å². The molecule has 1 aromatic carbocycles. The van der Waals surface area contributed by atoms with Crippen molar-refractivity contribution < 1.29 is 23.1 Å². The van der Waals surface area contributed by atoms with Gasteiger partial charge in [-0.25, -0.2) is 13.8 Å². The number of piperazine rings is 1. The Morgan fingerprint density at radius 3 is 2.38 bits per heavy atom. The summed E-state index contributed by atoms with van der Waals surface area (Å²) >= 11 is 0. The Bertz CT molecular complexity index is 1030. The predicted molar refractivity (Wildman–Crippen MR) is 166 cm³/mol. The fraction of sp³-hybridized carbons (Fsp3) is 0.562. The highest BCUT2D eigenvalue weighted by Crippen LogP contribution is 2.27. The first-order valence-electron chi connectivity index (χ1n) is 14.9. The molecular weight excluding hydrogens is 540 g/mol. The lowest BCUT2D eigenvalue weighted by atomic mass is 10.0. The van der Waals surface area contributed by atoms with Crippen LogP contribution in [0.3, 0.4) is 0 Å². The van der Waals surface area contributed by atoms with E-state index in [9.17, 15) is 18.4 Å². The van der Waals surface area contributed by atoms with Gasteiger partial charge in [0.25, 0.3) is 0 Å². The quantitative estimate of drug-likeness (QED) is 0.140. The maximum Gasteiger partial charge on any atom is 0.245 e. The number of methoxy groups -OCH3 is 1. The van der Waals surface area contributed by atoms with Gasteiger partial charge in [0, 0.05) is 32.3 Å². The van der Waals surface area contributed by atoms with Crippen LogP contribution in [0.25, 0.3) is 0 Å². The minimum atomic E-state index is -0.934. The molecule has 1 saturated heterocycles. The smallest absolute Gasteiger partial charge is 0.245 e. The van der Waals surface area contributed by atoms with Gasteiger partial charge in [-0.3, -0.25) is 14.6 Å². The van der Waals surface area contributed by atoms with E-state index < -0.39 is 24.7 Å². The van der Waals surface area contributed by atoms with Gasteiger partial charge in [-0.05, 0) is 36.6 Å². The molecule has 1 unspecified atom stereocenters. The van der Waals surface area contributed by atoms with Crippen molar-refractivity contribution in [1.29, 1.82) is 0 Å². The summed E-state index contributed by atoms with van der Waals surface area (Å²) in [5.41, 5.74) is 1.27. The zero-order valence-corrected chi connectivity index (χ0v) is 26.5. The number of carbonyl (C=O) groups excluding carboxylic acids is 2. The van der Waals surface area contributed by atoms with Crippen molar-refractivity contribution >= 4 is 12.3 Å². The van der Waals surface area contributed by atoms with Crippen molar-refractivity contribution in [3.8, 4) is 5.75 Å². The van der Waals surface area contributed by atoms with Crippen molar-refractivity contribution in [2.24, 2.45) is 0 Å². The highest BCUT2D eigenvalue weighted by Gasteiger charge is 2.43. The van der Waals surface area contributed by atoms with Crippen molar-refractivity contribution in [2.45, 2.75) is 79.1 Å². The number of nitrogens with zero attached hydrogens (tertiary/aromatic N) is 4. The largest absolute Gasteiger partial charge is 0.497 e. The lowest BCUT2D eigenvalue weighted by Crippen LogP contribution is -2.68. The van der Waals surface area contributed by atoms with Crippen LogP contribution in [0.15, 0.2) is 60.2 Å². The Morgan fingerprint density at radius 1 is 1.19 bits per heavy atom. The second kappa shape index (κ2) is 19.7. The van der Waals surface area contributed by atoms with Crippen molar-refractivity contribution in [3.63, 3.8) is 0 Å². The van der Waals surface area contributed by atoms with Crippen LogP contribution in [0, 0.1) is 0 Å². The van der Waals surface area contributed by atoms with Crippen molar-refractivity contribution in [3.05, 3.63) is 65.8 Å². The second-order valence-corrected chi connectivity index (χ2v) is 9.72. The summed E-state index contributed by atoms with van der Waals surface area (Å²) in [6.45, 7) is 14.4. The van der Waals surface area contributed by atoms with Crippen LogP contribution in [-0.2, 0) is 16.1 Å². The van der Waals surface area contributed by atoms with Crippen molar-refractivity contribution in [2.75, 3.05) is 40.5 Å². The third-order valence-corrected chi connectivity index (χ3v) is 7.05. The number of rotatable bonds is 17. The van der Waals surface area contributed by atoms with Gasteiger partial charge in [0.15, 0.2) is 0 Å². The molecule has 0 bridgehead atoms. The van der Waals surface area contributed by atoms with Crippen LogP contribution in [0.5, 0.6) is 5.75 Å². The van der Waals surface area contributed by atoms with E-state index in [4.69, 9.17) is 4.74 Å². The first-order chi connectivity index (χ1) is 20.3. The molecule has 1 fully saturated rings. The Balaban J connectivity index is 0.00000431. The lowest BCUT2D eigenvalue weighted by Gasteiger charge is -2.51. The monoisotopic (exact) mass is 591 g/mol. The molecule has 10 heteroatoms. The molecule has 0 aromatic heterocycles. The third kappa shape index (κ3) is 10.2. The van der Waals surface area contributed by atoms with E-state index in [1.165, 1.54) is 0 Å². The number of benzene rings is 1. The van der Waals surface area contributed by atoms with Crippen LogP contribution in [0.1, 0.15) is 65.9 Å². The van der Waals surface area contributed by atoms with Gasteiger partial charge in [0.05, 0.1) is 13.7 Å². The average molecular weight is 592 g/mol. The topological polar surface area (TPSA) is 68.4 Å². The normalized spacial score (nSPS) is 17.5. The fourth-order valence-corrected chi connectivity index (χ4v) is 4.77. The van der Waals surface area contributed by atoms with Gasteiger partial charge >= 0.3 is 0 Å². The number of amides is 2. The number of unbranched alkanes of at least 4 members (excludes halogenated alkanes) is 1. The molecule has 1 aromatic rings. The van der Waals surface area contributed by atoms with E-state index in [1.54, 1.807) is 23.0 Å². The van der Waals surface area contributed by atoms with E-state index >= 15 is 0 Å². The first-order valence-corrected chi connectivity index (χ1v) is 14.9. The number of hydrogen-bond acceptors (Lipinski definition) is 6. The number of alkyl halides is 1. The minimum Gasteiger partial charge on any atom is -0.497 e. The number of allylic oxidation sites excluding steroid dienone is 2. The molecule has 1 aliphatic rings. The van der Waals surface area contributed by atoms with Crippen LogP contribution in [0.4, 0.5) is 8.78 Å². The van der Waals surface area contributed by atoms with Gasteiger partial charge in [-0.2, -0.15) is 0 Å². The molecule has 0 radical (unpaired) electrons. The molecule has 1 aliphatic heterocycles. The Labute approximate surface area is 251 Å². The van der Waals surface area contributed by atoms with E-state index in [0.29, 0.717) is 31.8 Å². The maximum absolute atomic E-state index is 14.8. The van der Waals surface area contributed by atoms with Crippen LogP contribution in [0.2, 0.25) is 0 Å². The Morgan fingerprint density at radius 2 is 1.86 bits per heavy atom. The lowest BCUT2D eigenvalue weighted by molar-refractivity contribution is -0.167. The average Bonchev–Trinajstić information content (AvgIpc) is 3.01. The number of nitrogens with one attached hydrogen (secondary N) is 1. The number of halogens is 2. The van der Waals surface area contributed by atoms with Crippen LogP contribution >= 0.6 is 0 Å². The molecule has 42 heavy (non-hydrogen) atoms. The third-order valence-electron chi connectivity index (χ3n) is 7.05. The van der Waals surface area contributed by atoms with E-state index in [2.05, 4.69) is 11.9 Å². The zero-order valence-electron chi connectivity index (χ0n) is 26.5. The molecule has 2 rings (SSSR count). The van der Waals surface area contributed by atoms with Gasteiger partial charge in [0.2, 0.25) is 12.3 Å². The highest BCUT2D eigenvalue weighted by atomic mass is 19.1. The molecule has 2 atom stereocenters. The summed E-state index contributed by atoms with van der Waals surface area (Å²) in [7, 11) is 3.50. The van der Waals surface area contributed by atoms with E-state index in [0.717, 1.165) is 36.6 Å². The standard InChI is InChI=1S/C30H45F2N5O3.C2H6/c1-7-10-12-28-30(39)35(20-25(11-8-2)27(32)17-18-31)21-29(36(28)22-38)37(34(5)9-3)23(4)33-19-24-13-15-26(40-6)16-14-24;1-2/h11,13-17,22,28-29,33H,4,7-10,12,18-21H2,1-3,5-6H3;1-2H3/b25-11-,27-17+;/t28-,29?;/m0./s1. The minimum absolute atomic E-state index is 0.0176. The van der Waals surface area contributed by atoms with Crippen LogP contribution < -0.4 is 10.1 Å². The van der Waals surface area contributed by atoms with Gasteiger partial charge in [0.1, 0.15) is 36.3 Å². The van der Waals surface area contributed by atoms with E-state index in [1.807, 2.05) is 75.9 Å². The molecule has 0 aliphatic carbocycles. The zero-order chi connectivity index (χ0) is 31.7. The summed E-state index contributed by atoms with van der Waals surface area (Å²) in [4.78, 5) is 29.3. The molecule has 1 N–H and O–H groups in total. The SMILES string of the molecule is C=C(NCc1ccc(OC)cc1)N(C1CN(CC(=C/CC)/C(F)=C\CF)C(=O)[C@H](CCCC)N1C=O)N(C)CC.CC. The molecule has 2 amide bonds. The summed E-state index contributed by atoms with van der Waals surface area (Å²) in [6.07, 6.45) is 5.29. The summed E-state index contributed by atoms with van der Waals surface area (Å²) < 4.78 is 32.9. The molecule has 1 heterocycles. The molecule has 0 spiro atoms. The van der Waals surface area contributed by atoms with Crippen molar-refractivity contribution in [1.82, 2.24) is 25.1 Å². The summed E-state index contributed by atoms with van der Waals surface area (Å²) in [6, 6.07) is 6.95. The Kier molecular flexibility index (Phi) is 17.2. The molecule has 8 nitrogen and oxygen atoms in total. The highest BCUT2D eigenvalue weighted by molar-refractivity contribution is 5.85. The number of hydrogen-bond donors (Lipinski definition) is 1. The number of hydrazine groups is 1. The molecule has 236 valence electrons. The van der Waals surface area contributed by atoms with Crippen LogP contribution in [-0.4, -0.2) is 84.8 Å². The second-order valence-electron chi connectivity index (χ2n) is 9.72. The fourth-order valence-electron chi connectivity index (χ4n) is 4.77. The summed E-state index contributed by atoms with van der Waals surface area (Å²) in [5, 5.41) is 7.17. The predicted octanol–water partition coefficient (Wildman–Crippen LogP) is 5.80. The number of carbonyl (C=O) groups is 2. The van der Waals surface area contributed by atoms with Gasteiger partial charge in [-0.15, -0.1) is 0 Å².